The number of amides is 2. The van der Waals surface area contributed by atoms with Crippen molar-refractivity contribution >= 4 is 28.4 Å². The van der Waals surface area contributed by atoms with Gasteiger partial charge in [0.15, 0.2) is 5.78 Å². The van der Waals surface area contributed by atoms with E-state index in [1.807, 2.05) is 36.4 Å². The Morgan fingerprint density at radius 1 is 0.960 bits per heavy atom. The van der Waals surface area contributed by atoms with Crippen molar-refractivity contribution in [3.05, 3.63) is 48.0 Å². The minimum absolute atomic E-state index is 0.134. The second kappa shape index (κ2) is 6.10. The van der Waals surface area contributed by atoms with E-state index in [1.54, 1.807) is 6.07 Å². The SMILES string of the molecule is O=C(CN1C(=O)CC2(CCCCC2)C1=O)c1cccc2ccccc12. The fraction of sp³-hybridized carbons (Fsp3) is 0.381. The zero-order valence-electron chi connectivity index (χ0n) is 14.2. The molecule has 0 atom stereocenters. The fourth-order valence-corrected chi connectivity index (χ4v) is 4.34. The van der Waals surface area contributed by atoms with Gasteiger partial charge in [0.1, 0.15) is 0 Å². The molecule has 0 radical (unpaired) electrons. The quantitative estimate of drug-likeness (QED) is 0.634. The standard InChI is InChI=1S/C21H21NO3/c23-18(17-10-6-8-15-7-2-3-9-16(15)17)14-22-19(24)13-21(20(22)25)11-4-1-5-12-21/h2-3,6-10H,1,4-5,11-14H2. The molecule has 2 aliphatic rings. The molecule has 128 valence electrons. The molecule has 4 nitrogen and oxygen atoms in total. The Morgan fingerprint density at radius 3 is 2.48 bits per heavy atom. The second-order valence-electron chi connectivity index (χ2n) is 7.25. The average molecular weight is 335 g/mol. The number of carbonyl (C=O) groups excluding carboxylic acids is 3. The summed E-state index contributed by atoms with van der Waals surface area (Å²) in [5, 5.41) is 1.85. The lowest BCUT2D eigenvalue weighted by Gasteiger charge is -2.30. The van der Waals surface area contributed by atoms with Gasteiger partial charge in [0.2, 0.25) is 11.8 Å². The summed E-state index contributed by atoms with van der Waals surface area (Å²) in [6.07, 6.45) is 4.92. The van der Waals surface area contributed by atoms with E-state index in [1.165, 1.54) is 4.90 Å². The molecule has 0 bridgehead atoms. The Kier molecular flexibility index (Phi) is 3.91. The first-order chi connectivity index (χ1) is 12.1. The molecule has 2 fully saturated rings. The first kappa shape index (κ1) is 16.0. The van der Waals surface area contributed by atoms with Crippen LogP contribution in [0.4, 0.5) is 0 Å². The van der Waals surface area contributed by atoms with Crippen molar-refractivity contribution in [1.29, 1.82) is 0 Å². The minimum Gasteiger partial charge on any atom is -0.292 e. The first-order valence-electron chi connectivity index (χ1n) is 8.96. The predicted octanol–water partition coefficient (Wildman–Crippen LogP) is 3.73. The lowest BCUT2D eigenvalue weighted by Crippen LogP contribution is -2.39. The highest BCUT2D eigenvalue weighted by atomic mass is 16.2. The molecule has 2 amide bonds. The monoisotopic (exact) mass is 335 g/mol. The number of ketones is 1. The van der Waals surface area contributed by atoms with Crippen LogP contribution >= 0.6 is 0 Å². The average Bonchev–Trinajstić information content (AvgIpc) is 2.86. The van der Waals surface area contributed by atoms with Crippen molar-refractivity contribution in [3.8, 4) is 0 Å². The molecule has 0 aromatic heterocycles. The lowest BCUT2D eigenvalue weighted by molar-refractivity contribution is -0.141. The molecule has 4 heteroatoms. The van der Waals surface area contributed by atoms with Crippen molar-refractivity contribution in [2.75, 3.05) is 6.54 Å². The summed E-state index contributed by atoms with van der Waals surface area (Å²) in [4.78, 5) is 39.4. The fourth-order valence-electron chi connectivity index (χ4n) is 4.34. The number of imide groups is 1. The zero-order valence-corrected chi connectivity index (χ0v) is 14.2. The third kappa shape index (κ3) is 2.66. The minimum atomic E-state index is -0.533. The van der Waals surface area contributed by atoms with Gasteiger partial charge in [0.25, 0.3) is 0 Å². The van der Waals surface area contributed by atoms with E-state index in [9.17, 15) is 14.4 Å². The number of carbonyl (C=O) groups is 3. The maximum atomic E-state index is 12.9. The molecule has 25 heavy (non-hydrogen) atoms. The summed E-state index contributed by atoms with van der Waals surface area (Å²) < 4.78 is 0. The number of likely N-dealkylation sites (tertiary alicyclic amines) is 1. The lowest BCUT2D eigenvalue weighted by atomic mass is 9.73. The van der Waals surface area contributed by atoms with Crippen LogP contribution in [0.5, 0.6) is 0 Å². The highest BCUT2D eigenvalue weighted by Gasteiger charge is 2.51. The van der Waals surface area contributed by atoms with Crippen LogP contribution in [0.3, 0.4) is 0 Å². The Bertz CT molecular complexity index is 859. The van der Waals surface area contributed by atoms with Crippen molar-refractivity contribution < 1.29 is 14.4 Å². The van der Waals surface area contributed by atoms with Crippen molar-refractivity contribution in [2.24, 2.45) is 5.41 Å². The second-order valence-corrected chi connectivity index (χ2v) is 7.25. The number of benzene rings is 2. The van der Waals surface area contributed by atoms with Gasteiger partial charge < -0.3 is 0 Å². The Balaban J connectivity index is 1.60. The summed E-state index contributed by atoms with van der Waals surface area (Å²) in [5.41, 5.74) is 0.0391. The van der Waals surface area contributed by atoms with Crippen LogP contribution < -0.4 is 0 Å². The van der Waals surface area contributed by atoms with E-state index >= 15 is 0 Å². The maximum absolute atomic E-state index is 12.9. The van der Waals surface area contributed by atoms with Crippen molar-refractivity contribution in [1.82, 2.24) is 4.90 Å². The number of hydrogen-bond acceptors (Lipinski definition) is 3. The van der Waals surface area contributed by atoms with Gasteiger partial charge in [-0.1, -0.05) is 61.7 Å². The van der Waals surface area contributed by atoms with E-state index in [-0.39, 0.29) is 30.6 Å². The molecule has 1 saturated carbocycles. The summed E-state index contributed by atoms with van der Waals surface area (Å²) >= 11 is 0. The van der Waals surface area contributed by atoms with Crippen molar-refractivity contribution in [2.45, 2.75) is 38.5 Å². The third-order valence-corrected chi connectivity index (χ3v) is 5.69. The van der Waals surface area contributed by atoms with Gasteiger partial charge in [-0.05, 0) is 23.6 Å². The molecule has 2 aromatic carbocycles. The van der Waals surface area contributed by atoms with Gasteiger partial charge >= 0.3 is 0 Å². The molecule has 0 N–H and O–H groups in total. The van der Waals surface area contributed by atoms with Crippen LogP contribution in [0, 0.1) is 5.41 Å². The predicted molar refractivity (Wildman–Crippen MR) is 95.1 cm³/mol. The van der Waals surface area contributed by atoms with Crippen LogP contribution in [0.2, 0.25) is 0 Å². The molecule has 1 spiro atoms. The molecular formula is C21H21NO3. The van der Waals surface area contributed by atoms with Crippen LogP contribution in [0.1, 0.15) is 48.9 Å². The number of hydrogen-bond donors (Lipinski definition) is 0. The number of fused-ring (bicyclic) bond motifs is 1. The third-order valence-electron chi connectivity index (χ3n) is 5.69. The summed E-state index contributed by atoms with van der Waals surface area (Å²) in [7, 11) is 0. The van der Waals surface area contributed by atoms with E-state index in [2.05, 4.69) is 0 Å². The molecule has 0 unspecified atom stereocenters. The van der Waals surface area contributed by atoms with Crippen LogP contribution in [0.25, 0.3) is 10.8 Å². The smallest absolute Gasteiger partial charge is 0.236 e. The molecule has 1 aliphatic heterocycles. The van der Waals surface area contributed by atoms with E-state index < -0.39 is 5.41 Å². The van der Waals surface area contributed by atoms with E-state index in [0.29, 0.717) is 5.56 Å². The van der Waals surface area contributed by atoms with Gasteiger partial charge in [-0.2, -0.15) is 0 Å². The molecule has 1 saturated heterocycles. The van der Waals surface area contributed by atoms with E-state index in [0.717, 1.165) is 42.9 Å². The molecule has 4 rings (SSSR count). The zero-order chi connectivity index (χ0) is 17.4. The molecular weight excluding hydrogens is 314 g/mol. The maximum Gasteiger partial charge on any atom is 0.236 e. The number of Topliss-reactive ketones (excluding diaryl/α,β-unsaturated/α-hetero) is 1. The first-order valence-corrected chi connectivity index (χ1v) is 8.96. The van der Waals surface area contributed by atoms with Gasteiger partial charge in [-0.3, -0.25) is 19.3 Å². The normalized spacial score (nSPS) is 19.8. The Morgan fingerprint density at radius 2 is 1.68 bits per heavy atom. The summed E-state index contributed by atoms with van der Waals surface area (Å²) in [5.74, 6) is -0.502. The summed E-state index contributed by atoms with van der Waals surface area (Å²) in [6.45, 7) is -0.145. The molecule has 2 aromatic rings. The largest absolute Gasteiger partial charge is 0.292 e. The van der Waals surface area contributed by atoms with Crippen LogP contribution in [-0.4, -0.2) is 29.0 Å². The van der Waals surface area contributed by atoms with Gasteiger partial charge in [-0.15, -0.1) is 0 Å². The summed E-state index contributed by atoms with van der Waals surface area (Å²) in [6, 6.07) is 13.2. The highest BCUT2D eigenvalue weighted by molar-refractivity contribution is 6.14. The van der Waals surface area contributed by atoms with Gasteiger partial charge in [0, 0.05) is 12.0 Å². The number of nitrogens with zero attached hydrogens (tertiary/aromatic N) is 1. The van der Waals surface area contributed by atoms with Gasteiger partial charge in [0.05, 0.1) is 12.0 Å². The van der Waals surface area contributed by atoms with E-state index in [4.69, 9.17) is 0 Å². The number of rotatable bonds is 3. The topological polar surface area (TPSA) is 54.5 Å². The Labute approximate surface area is 146 Å². The van der Waals surface area contributed by atoms with Crippen molar-refractivity contribution in [3.63, 3.8) is 0 Å². The van der Waals surface area contributed by atoms with Crippen LogP contribution in [-0.2, 0) is 9.59 Å². The highest BCUT2D eigenvalue weighted by Crippen LogP contribution is 2.45. The van der Waals surface area contributed by atoms with Gasteiger partial charge in [-0.25, -0.2) is 0 Å². The van der Waals surface area contributed by atoms with Crippen LogP contribution in [0.15, 0.2) is 42.5 Å². The Hall–Kier alpha value is -2.49. The molecule has 1 heterocycles. The molecule has 1 aliphatic carbocycles.